The Balaban J connectivity index is 0.00000137. The van der Waals surface area contributed by atoms with Gasteiger partial charge in [0.2, 0.25) is 0 Å². The zero-order valence-corrected chi connectivity index (χ0v) is 12.6. The Morgan fingerprint density at radius 3 is 2.28 bits per heavy atom. The lowest BCUT2D eigenvalue weighted by molar-refractivity contribution is 0.0717. The third-order valence-corrected chi connectivity index (χ3v) is 2.43. The summed E-state index contributed by atoms with van der Waals surface area (Å²) in [5.74, 6) is 0. The van der Waals surface area contributed by atoms with Crippen LogP contribution in [0.1, 0.15) is 39.7 Å². The fourth-order valence-corrected chi connectivity index (χ4v) is 1.63. The van der Waals surface area contributed by atoms with Crippen molar-refractivity contribution in [1.29, 1.82) is 0 Å². The van der Waals surface area contributed by atoms with Gasteiger partial charge < -0.3 is 9.64 Å². The molecule has 1 aromatic rings. The summed E-state index contributed by atoms with van der Waals surface area (Å²) < 4.78 is 5.52. The number of hydrogen-bond acceptors (Lipinski definition) is 2. The molecular weight excluding hydrogens is 222 g/mol. The third kappa shape index (κ3) is 9.20. The van der Waals surface area contributed by atoms with E-state index >= 15 is 0 Å². The van der Waals surface area contributed by atoms with Crippen molar-refractivity contribution in [2.75, 3.05) is 20.2 Å². The molecule has 0 saturated heterocycles. The molecule has 0 saturated carbocycles. The Morgan fingerprint density at radius 2 is 1.72 bits per heavy atom. The van der Waals surface area contributed by atoms with Crippen LogP contribution in [0.2, 0.25) is 0 Å². The van der Waals surface area contributed by atoms with Crippen LogP contribution in [0.4, 0.5) is 0 Å². The topological polar surface area (TPSA) is 12.5 Å². The summed E-state index contributed by atoms with van der Waals surface area (Å²) in [6.07, 6.45) is 1.45. The van der Waals surface area contributed by atoms with Crippen molar-refractivity contribution in [3.63, 3.8) is 0 Å². The van der Waals surface area contributed by atoms with Crippen molar-refractivity contribution in [1.82, 2.24) is 4.90 Å². The SMILES string of the molecule is CC.CC(C)OCCCN(C)Cc1ccccc1. The zero-order chi connectivity index (χ0) is 13.8. The van der Waals surface area contributed by atoms with Crippen LogP contribution in [-0.4, -0.2) is 31.2 Å². The number of ether oxygens (including phenoxy) is 1. The Kier molecular flexibility index (Phi) is 10.7. The van der Waals surface area contributed by atoms with E-state index in [0.717, 1.165) is 26.1 Å². The predicted octanol–water partition coefficient (Wildman–Crippen LogP) is 3.96. The van der Waals surface area contributed by atoms with Gasteiger partial charge in [0.05, 0.1) is 6.10 Å². The Morgan fingerprint density at radius 1 is 1.11 bits per heavy atom. The normalized spacial score (nSPS) is 10.4. The van der Waals surface area contributed by atoms with E-state index in [9.17, 15) is 0 Å². The molecule has 0 unspecified atom stereocenters. The van der Waals surface area contributed by atoms with Crippen molar-refractivity contribution in [3.05, 3.63) is 35.9 Å². The van der Waals surface area contributed by atoms with Crippen molar-refractivity contribution < 1.29 is 4.74 Å². The summed E-state index contributed by atoms with van der Waals surface area (Å²) >= 11 is 0. The van der Waals surface area contributed by atoms with E-state index in [1.165, 1.54) is 5.56 Å². The van der Waals surface area contributed by atoms with Crippen LogP contribution >= 0.6 is 0 Å². The van der Waals surface area contributed by atoms with Crippen molar-refractivity contribution >= 4 is 0 Å². The van der Waals surface area contributed by atoms with E-state index in [1.807, 2.05) is 13.8 Å². The third-order valence-electron chi connectivity index (χ3n) is 2.43. The molecule has 0 amide bonds. The minimum Gasteiger partial charge on any atom is -0.379 e. The smallest absolute Gasteiger partial charge is 0.0518 e. The lowest BCUT2D eigenvalue weighted by atomic mass is 10.2. The van der Waals surface area contributed by atoms with Gasteiger partial charge in [-0.2, -0.15) is 0 Å². The molecule has 0 spiro atoms. The van der Waals surface area contributed by atoms with E-state index in [1.54, 1.807) is 0 Å². The highest BCUT2D eigenvalue weighted by Gasteiger charge is 2.00. The molecule has 2 nitrogen and oxygen atoms in total. The molecule has 0 heterocycles. The zero-order valence-electron chi connectivity index (χ0n) is 12.6. The van der Waals surface area contributed by atoms with Gasteiger partial charge >= 0.3 is 0 Å². The molecule has 0 aliphatic carbocycles. The molecule has 104 valence electrons. The first-order chi connectivity index (χ1) is 8.68. The fourth-order valence-electron chi connectivity index (χ4n) is 1.63. The number of benzene rings is 1. The Bertz CT molecular complexity index is 272. The monoisotopic (exact) mass is 251 g/mol. The minimum atomic E-state index is 0.347. The molecule has 0 aromatic heterocycles. The van der Waals surface area contributed by atoms with Crippen LogP contribution in [0.5, 0.6) is 0 Å². The van der Waals surface area contributed by atoms with Gasteiger partial charge in [-0.25, -0.2) is 0 Å². The summed E-state index contributed by atoms with van der Waals surface area (Å²) in [6, 6.07) is 10.6. The highest BCUT2D eigenvalue weighted by molar-refractivity contribution is 5.14. The molecule has 2 heteroatoms. The highest BCUT2D eigenvalue weighted by Crippen LogP contribution is 2.03. The fraction of sp³-hybridized carbons (Fsp3) is 0.625. The standard InChI is InChI=1S/C14H23NO.C2H6/c1-13(2)16-11-7-10-15(3)12-14-8-5-4-6-9-14;1-2/h4-6,8-9,13H,7,10-12H2,1-3H3;1-2H3. The molecule has 0 atom stereocenters. The maximum Gasteiger partial charge on any atom is 0.0518 e. The number of hydrogen-bond donors (Lipinski definition) is 0. The van der Waals surface area contributed by atoms with Crippen molar-refractivity contribution in [2.24, 2.45) is 0 Å². The molecule has 0 aliphatic heterocycles. The van der Waals surface area contributed by atoms with Gasteiger partial charge in [0.15, 0.2) is 0 Å². The molecule has 0 bridgehead atoms. The lowest BCUT2D eigenvalue weighted by Gasteiger charge is -2.17. The van der Waals surface area contributed by atoms with Gasteiger partial charge in [-0.3, -0.25) is 0 Å². The Labute approximate surface area is 113 Å². The van der Waals surface area contributed by atoms with Gasteiger partial charge in [0.25, 0.3) is 0 Å². The van der Waals surface area contributed by atoms with E-state index < -0.39 is 0 Å². The van der Waals surface area contributed by atoms with Crippen LogP contribution in [-0.2, 0) is 11.3 Å². The number of rotatable bonds is 7. The van der Waals surface area contributed by atoms with Crippen LogP contribution in [0.3, 0.4) is 0 Å². The summed E-state index contributed by atoms with van der Waals surface area (Å²) in [7, 11) is 2.16. The maximum atomic E-state index is 5.52. The van der Waals surface area contributed by atoms with E-state index in [2.05, 4.69) is 56.1 Å². The maximum absolute atomic E-state index is 5.52. The minimum absolute atomic E-state index is 0.347. The molecule has 0 radical (unpaired) electrons. The second-order valence-electron chi connectivity index (χ2n) is 4.50. The van der Waals surface area contributed by atoms with Crippen molar-refractivity contribution in [2.45, 2.75) is 46.8 Å². The Hall–Kier alpha value is -0.860. The average Bonchev–Trinajstić information content (AvgIpc) is 2.38. The second-order valence-corrected chi connectivity index (χ2v) is 4.50. The lowest BCUT2D eigenvalue weighted by Crippen LogP contribution is -2.20. The molecule has 18 heavy (non-hydrogen) atoms. The van der Waals surface area contributed by atoms with E-state index in [4.69, 9.17) is 4.74 Å². The molecule has 0 N–H and O–H groups in total. The highest BCUT2D eigenvalue weighted by atomic mass is 16.5. The quantitative estimate of drug-likeness (QED) is 0.680. The predicted molar refractivity (Wildman–Crippen MR) is 79.8 cm³/mol. The summed E-state index contributed by atoms with van der Waals surface area (Å²) in [5, 5.41) is 0. The van der Waals surface area contributed by atoms with Gasteiger partial charge in [-0.15, -0.1) is 0 Å². The summed E-state index contributed by atoms with van der Waals surface area (Å²) in [5.41, 5.74) is 1.37. The van der Waals surface area contributed by atoms with E-state index in [0.29, 0.717) is 6.10 Å². The van der Waals surface area contributed by atoms with Gasteiger partial charge in [-0.05, 0) is 32.9 Å². The molecular formula is C16H29NO. The van der Waals surface area contributed by atoms with Gasteiger partial charge in [0.1, 0.15) is 0 Å². The van der Waals surface area contributed by atoms with Crippen LogP contribution < -0.4 is 0 Å². The molecule has 1 aromatic carbocycles. The largest absolute Gasteiger partial charge is 0.379 e. The molecule has 1 rings (SSSR count). The van der Waals surface area contributed by atoms with Gasteiger partial charge in [-0.1, -0.05) is 44.2 Å². The first-order valence-electron chi connectivity index (χ1n) is 7.02. The average molecular weight is 251 g/mol. The van der Waals surface area contributed by atoms with E-state index in [-0.39, 0.29) is 0 Å². The summed E-state index contributed by atoms with van der Waals surface area (Å²) in [6.45, 7) is 11.1. The van der Waals surface area contributed by atoms with Crippen molar-refractivity contribution in [3.8, 4) is 0 Å². The molecule has 0 aliphatic rings. The van der Waals surface area contributed by atoms with Crippen LogP contribution in [0.15, 0.2) is 30.3 Å². The first-order valence-corrected chi connectivity index (χ1v) is 7.02. The van der Waals surface area contributed by atoms with Crippen LogP contribution in [0.25, 0.3) is 0 Å². The molecule has 0 fully saturated rings. The van der Waals surface area contributed by atoms with Gasteiger partial charge in [0, 0.05) is 19.7 Å². The summed E-state index contributed by atoms with van der Waals surface area (Å²) in [4.78, 5) is 2.33. The van der Waals surface area contributed by atoms with Crippen LogP contribution in [0, 0.1) is 0 Å². The first kappa shape index (κ1) is 17.1. The number of nitrogens with zero attached hydrogens (tertiary/aromatic N) is 1. The second kappa shape index (κ2) is 11.2.